The molecule has 1 N–H and O–H groups in total. The molecule has 0 unspecified atom stereocenters. The second kappa shape index (κ2) is 4.90. The Morgan fingerprint density at radius 3 is 2.95 bits per heavy atom. The summed E-state index contributed by atoms with van der Waals surface area (Å²) in [6, 6.07) is 7.45. The number of hydrogen-bond acceptors (Lipinski definition) is 4. The van der Waals surface area contributed by atoms with Crippen LogP contribution in [0, 0.1) is 5.82 Å². The molecule has 3 aromatic rings. The minimum absolute atomic E-state index is 0.0138. The summed E-state index contributed by atoms with van der Waals surface area (Å²) in [5.41, 5.74) is 0.182. The van der Waals surface area contributed by atoms with Crippen LogP contribution in [0.15, 0.2) is 41.1 Å². The third-order valence-electron chi connectivity index (χ3n) is 2.69. The molecule has 0 atom stereocenters. The number of rotatable bonds is 2. The van der Waals surface area contributed by atoms with E-state index in [0.717, 1.165) is 0 Å². The van der Waals surface area contributed by atoms with Crippen molar-refractivity contribution in [1.82, 2.24) is 10.1 Å². The summed E-state index contributed by atoms with van der Waals surface area (Å²) in [5.74, 6) is -0.915. The van der Waals surface area contributed by atoms with E-state index in [2.05, 4.69) is 15.5 Å². The van der Waals surface area contributed by atoms with E-state index in [0.29, 0.717) is 5.39 Å². The van der Waals surface area contributed by atoms with Gasteiger partial charge in [0.15, 0.2) is 11.6 Å². The largest absolute Gasteiger partial charge is 0.351 e. The lowest BCUT2D eigenvalue weighted by Crippen LogP contribution is -2.13. The van der Waals surface area contributed by atoms with Gasteiger partial charge in [-0.2, -0.15) is 0 Å². The normalized spacial score (nSPS) is 10.7. The highest BCUT2D eigenvalue weighted by Gasteiger charge is 2.16. The first-order chi connectivity index (χ1) is 9.66. The lowest BCUT2D eigenvalue weighted by molar-refractivity contribution is 0.102. The van der Waals surface area contributed by atoms with E-state index in [9.17, 15) is 9.18 Å². The number of carbonyl (C=O) groups excluding carboxylic acids is 1. The van der Waals surface area contributed by atoms with Crippen molar-refractivity contribution in [2.45, 2.75) is 0 Å². The van der Waals surface area contributed by atoms with E-state index >= 15 is 0 Å². The molecule has 7 heteroatoms. The molecule has 0 saturated heterocycles. The predicted molar refractivity (Wildman–Crippen MR) is 71.2 cm³/mol. The van der Waals surface area contributed by atoms with Crippen LogP contribution < -0.4 is 5.32 Å². The van der Waals surface area contributed by atoms with Crippen LogP contribution in [0.2, 0.25) is 5.15 Å². The molecule has 0 fully saturated rings. The van der Waals surface area contributed by atoms with Gasteiger partial charge in [0.2, 0.25) is 5.58 Å². The lowest BCUT2D eigenvalue weighted by Gasteiger charge is -2.02. The Kier molecular flexibility index (Phi) is 3.08. The van der Waals surface area contributed by atoms with Gasteiger partial charge in [-0.15, -0.1) is 0 Å². The molecule has 0 spiro atoms. The lowest BCUT2D eigenvalue weighted by atomic mass is 10.2. The molecule has 0 aliphatic heterocycles. The van der Waals surface area contributed by atoms with E-state index in [-0.39, 0.29) is 22.1 Å². The Bertz CT molecular complexity index is 803. The van der Waals surface area contributed by atoms with Gasteiger partial charge in [0.25, 0.3) is 5.91 Å². The van der Waals surface area contributed by atoms with Crippen LogP contribution >= 0.6 is 11.6 Å². The van der Waals surface area contributed by atoms with Gasteiger partial charge in [-0.05, 0) is 24.3 Å². The Labute approximate surface area is 117 Å². The highest BCUT2D eigenvalue weighted by atomic mass is 35.5. The monoisotopic (exact) mass is 291 g/mol. The zero-order valence-corrected chi connectivity index (χ0v) is 10.7. The van der Waals surface area contributed by atoms with E-state index < -0.39 is 11.7 Å². The summed E-state index contributed by atoms with van der Waals surface area (Å²) in [6.07, 6.45) is 1.47. The summed E-state index contributed by atoms with van der Waals surface area (Å²) in [4.78, 5) is 15.9. The first kappa shape index (κ1) is 12.6. The average Bonchev–Trinajstić information content (AvgIpc) is 2.84. The van der Waals surface area contributed by atoms with Crippen molar-refractivity contribution < 1.29 is 13.7 Å². The number of halogens is 2. The fraction of sp³-hybridized carbons (Fsp3) is 0. The zero-order valence-electron chi connectivity index (χ0n) is 9.93. The molecule has 1 aromatic carbocycles. The van der Waals surface area contributed by atoms with Crippen molar-refractivity contribution in [2.24, 2.45) is 0 Å². The maximum atomic E-state index is 13.4. The number of carbonyl (C=O) groups is 1. The molecule has 2 aromatic heterocycles. The van der Waals surface area contributed by atoms with Crippen LogP contribution in [0.4, 0.5) is 10.2 Å². The van der Waals surface area contributed by atoms with Crippen LogP contribution in [-0.2, 0) is 0 Å². The summed E-state index contributed by atoms with van der Waals surface area (Å²) < 4.78 is 18.3. The molecule has 3 rings (SSSR count). The fourth-order valence-electron chi connectivity index (χ4n) is 1.75. The van der Waals surface area contributed by atoms with E-state index in [1.54, 1.807) is 12.1 Å². The van der Waals surface area contributed by atoms with Crippen LogP contribution in [0.25, 0.3) is 11.0 Å². The van der Waals surface area contributed by atoms with Gasteiger partial charge in [-0.25, -0.2) is 9.37 Å². The summed E-state index contributed by atoms with van der Waals surface area (Å²) in [7, 11) is 0. The van der Waals surface area contributed by atoms with E-state index in [1.165, 1.54) is 24.4 Å². The highest BCUT2D eigenvalue weighted by Crippen LogP contribution is 2.25. The standard InChI is InChI=1S/C13H7ClFN3O2/c14-11-8(4-2-6-16-11)13(19)17-12-7-3-1-5-9(15)10(7)20-18-12/h1-6H,(H,17,18,19). The Morgan fingerprint density at radius 2 is 2.15 bits per heavy atom. The third kappa shape index (κ3) is 2.10. The Morgan fingerprint density at radius 1 is 1.30 bits per heavy atom. The minimum atomic E-state index is -0.546. The molecule has 100 valence electrons. The first-order valence-corrected chi connectivity index (χ1v) is 6.00. The van der Waals surface area contributed by atoms with Crippen molar-refractivity contribution in [3.63, 3.8) is 0 Å². The molecule has 0 aliphatic carbocycles. The number of aromatic nitrogens is 2. The maximum Gasteiger partial charge on any atom is 0.260 e. The molecular weight excluding hydrogens is 285 g/mol. The second-order valence-corrected chi connectivity index (χ2v) is 4.30. The molecule has 20 heavy (non-hydrogen) atoms. The summed E-state index contributed by atoms with van der Waals surface area (Å²) in [5, 5.41) is 6.60. The highest BCUT2D eigenvalue weighted by molar-refractivity contribution is 6.33. The van der Waals surface area contributed by atoms with E-state index in [1.807, 2.05) is 0 Å². The molecule has 0 bridgehead atoms. The van der Waals surface area contributed by atoms with Gasteiger partial charge >= 0.3 is 0 Å². The van der Waals surface area contributed by atoms with Crippen LogP contribution in [0.5, 0.6) is 0 Å². The fourth-order valence-corrected chi connectivity index (χ4v) is 1.95. The average molecular weight is 292 g/mol. The second-order valence-electron chi connectivity index (χ2n) is 3.94. The minimum Gasteiger partial charge on any atom is -0.351 e. The van der Waals surface area contributed by atoms with Crippen molar-refractivity contribution >= 4 is 34.3 Å². The molecule has 2 heterocycles. The van der Waals surface area contributed by atoms with Crippen LogP contribution in [0.3, 0.4) is 0 Å². The SMILES string of the molecule is O=C(Nc1noc2c(F)cccc12)c1cccnc1Cl. The van der Waals surface area contributed by atoms with E-state index in [4.69, 9.17) is 16.1 Å². The molecular formula is C13H7ClFN3O2. The number of fused-ring (bicyclic) bond motifs is 1. The van der Waals surface area contributed by atoms with Gasteiger partial charge in [0, 0.05) is 6.20 Å². The van der Waals surface area contributed by atoms with Gasteiger partial charge in [0.05, 0.1) is 10.9 Å². The number of anilines is 1. The number of nitrogens with one attached hydrogen (secondary N) is 1. The number of nitrogens with zero attached hydrogens (tertiary/aromatic N) is 2. The summed E-state index contributed by atoms with van der Waals surface area (Å²) in [6.45, 7) is 0. The maximum absolute atomic E-state index is 13.4. The number of para-hydroxylation sites is 1. The van der Waals surface area contributed by atoms with Crippen molar-refractivity contribution in [2.75, 3.05) is 5.32 Å². The van der Waals surface area contributed by atoms with Crippen LogP contribution in [0.1, 0.15) is 10.4 Å². The molecule has 0 aliphatic rings. The first-order valence-electron chi connectivity index (χ1n) is 5.62. The van der Waals surface area contributed by atoms with Crippen LogP contribution in [-0.4, -0.2) is 16.0 Å². The van der Waals surface area contributed by atoms with Gasteiger partial charge < -0.3 is 9.84 Å². The number of amides is 1. The molecule has 5 nitrogen and oxygen atoms in total. The van der Waals surface area contributed by atoms with Crippen molar-refractivity contribution in [3.05, 3.63) is 53.1 Å². The molecule has 0 radical (unpaired) electrons. The van der Waals surface area contributed by atoms with Gasteiger partial charge in [-0.1, -0.05) is 22.8 Å². The topological polar surface area (TPSA) is 68.0 Å². The molecule has 0 saturated carbocycles. The summed E-state index contributed by atoms with van der Waals surface area (Å²) >= 11 is 5.83. The van der Waals surface area contributed by atoms with Gasteiger partial charge in [-0.3, -0.25) is 4.79 Å². The quantitative estimate of drug-likeness (QED) is 0.736. The third-order valence-corrected chi connectivity index (χ3v) is 2.99. The molecule has 1 amide bonds. The number of hydrogen-bond donors (Lipinski definition) is 1. The smallest absolute Gasteiger partial charge is 0.260 e. The Balaban J connectivity index is 1.96. The van der Waals surface area contributed by atoms with Crippen molar-refractivity contribution in [1.29, 1.82) is 0 Å². The zero-order chi connectivity index (χ0) is 14.1. The van der Waals surface area contributed by atoms with Gasteiger partial charge in [0.1, 0.15) is 5.15 Å². The van der Waals surface area contributed by atoms with Crippen molar-refractivity contribution in [3.8, 4) is 0 Å². The predicted octanol–water partition coefficient (Wildman–Crippen LogP) is 3.27. The number of pyridine rings is 1. The number of benzene rings is 1. The Hall–Kier alpha value is -2.47.